The van der Waals surface area contributed by atoms with E-state index >= 15 is 0 Å². The average molecular weight is 276 g/mol. The van der Waals surface area contributed by atoms with Crippen LogP contribution >= 0.6 is 0 Å². The van der Waals surface area contributed by atoms with Crippen LogP contribution in [-0.2, 0) is 10.0 Å². The summed E-state index contributed by atoms with van der Waals surface area (Å²) in [6.07, 6.45) is -5.11. The van der Waals surface area contributed by atoms with Crippen molar-refractivity contribution in [1.29, 1.82) is 0 Å². The summed E-state index contributed by atoms with van der Waals surface area (Å²) in [5.41, 5.74) is 0. The lowest BCUT2D eigenvalue weighted by Gasteiger charge is -2.17. The van der Waals surface area contributed by atoms with Crippen molar-refractivity contribution in [3.63, 3.8) is 0 Å². The van der Waals surface area contributed by atoms with Crippen LogP contribution < -0.4 is 5.32 Å². The van der Waals surface area contributed by atoms with Gasteiger partial charge in [0.1, 0.15) is 0 Å². The number of hydrogen-bond acceptors (Lipinski definition) is 3. The van der Waals surface area contributed by atoms with Crippen molar-refractivity contribution >= 4 is 10.0 Å². The van der Waals surface area contributed by atoms with Crippen molar-refractivity contribution in [1.82, 2.24) is 9.62 Å². The van der Waals surface area contributed by atoms with Crippen LogP contribution in [0.4, 0.5) is 13.2 Å². The van der Waals surface area contributed by atoms with Gasteiger partial charge in [0.15, 0.2) is 0 Å². The molecule has 0 bridgehead atoms. The monoisotopic (exact) mass is 276 g/mol. The number of alkyl halides is 3. The van der Waals surface area contributed by atoms with Crippen LogP contribution in [0, 0.1) is 0 Å². The van der Waals surface area contributed by atoms with Crippen molar-refractivity contribution in [3.8, 4) is 0 Å². The first kappa shape index (κ1) is 16.7. The summed E-state index contributed by atoms with van der Waals surface area (Å²) < 4.78 is 59.8. The summed E-state index contributed by atoms with van der Waals surface area (Å²) in [5, 5.41) is 2.87. The second-order valence-corrected chi connectivity index (χ2v) is 6.01. The number of nitrogens with one attached hydrogen (secondary N) is 1. The molecule has 8 heteroatoms. The lowest BCUT2D eigenvalue weighted by molar-refractivity contribution is -0.134. The summed E-state index contributed by atoms with van der Waals surface area (Å²) in [6, 6.07) is 0. The Hall–Kier alpha value is -0.340. The van der Waals surface area contributed by atoms with Gasteiger partial charge in [0, 0.05) is 20.0 Å². The van der Waals surface area contributed by atoms with Gasteiger partial charge < -0.3 is 5.32 Å². The molecule has 104 valence electrons. The Balaban J connectivity index is 4.01. The van der Waals surface area contributed by atoms with Crippen LogP contribution in [0.2, 0.25) is 0 Å². The van der Waals surface area contributed by atoms with Gasteiger partial charge >= 0.3 is 6.18 Å². The zero-order valence-corrected chi connectivity index (χ0v) is 10.9. The molecule has 0 atom stereocenters. The fourth-order valence-electron chi connectivity index (χ4n) is 1.23. The molecule has 0 aliphatic carbocycles. The molecule has 17 heavy (non-hydrogen) atoms. The number of nitrogens with zero attached hydrogens (tertiary/aromatic N) is 1. The van der Waals surface area contributed by atoms with E-state index in [0.717, 1.165) is 4.31 Å². The topological polar surface area (TPSA) is 49.4 Å². The Bertz CT molecular complexity index is 304. The average Bonchev–Trinajstić information content (AvgIpc) is 2.15. The Morgan fingerprint density at radius 1 is 1.24 bits per heavy atom. The van der Waals surface area contributed by atoms with E-state index in [1.807, 2.05) is 0 Å². The number of hydrogen-bond donors (Lipinski definition) is 1. The Labute approximate surface area is 100 Å². The van der Waals surface area contributed by atoms with Crippen molar-refractivity contribution < 1.29 is 21.6 Å². The molecule has 0 fully saturated rings. The van der Waals surface area contributed by atoms with E-state index in [9.17, 15) is 21.6 Å². The van der Waals surface area contributed by atoms with Crippen molar-refractivity contribution in [2.24, 2.45) is 0 Å². The molecule has 0 aliphatic rings. The smallest absolute Gasteiger partial charge is 0.320 e. The van der Waals surface area contributed by atoms with Crippen LogP contribution in [-0.4, -0.2) is 51.8 Å². The van der Waals surface area contributed by atoms with E-state index in [1.165, 1.54) is 7.05 Å². The molecular weight excluding hydrogens is 257 g/mol. The minimum Gasteiger partial charge on any atom is -0.320 e. The van der Waals surface area contributed by atoms with Gasteiger partial charge in [-0.15, -0.1) is 0 Å². The first-order chi connectivity index (χ1) is 7.69. The van der Waals surface area contributed by atoms with E-state index in [-0.39, 0.29) is 6.42 Å². The highest BCUT2D eigenvalue weighted by Gasteiger charge is 2.28. The maximum absolute atomic E-state index is 11.9. The summed E-state index contributed by atoms with van der Waals surface area (Å²) in [5.74, 6) is -0.456. The van der Waals surface area contributed by atoms with Crippen LogP contribution in [0.1, 0.15) is 19.3 Å². The van der Waals surface area contributed by atoms with E-state index in [2.05, 4.69) is 5.32 Å². The summed E-state index contributed by atoms with van der Waals surface area (Å²) in [6.45, 7) is 0.984. The summed E-state index contributed by atoms with van der Waals surface area (Å²) in [7, 11) is -0.422. The van der Waals surface area contributed by atoms with Gasteiger partial charge in [-0.1, -0.05) is 0 Å². The lowest BCUT2D eigenvalue weighted by Crippen LogP contribution is -2.31. The second-order valence-electron chi connectivity index (χ2n) is 3.81. The van der Waals surface area contributed by atoms with Gasteiger partial charge in [-0.05, 0) is 26.4 Å². The van der Waals surface area contributed by atoms with Gasteiger partial charge in [0.25, 0.3) is 0 Å². The molecule has 0 aromatic carbocycles. The Morgan fingerprint density at radius 2 is 1.82 bits per heavy atom. The number of rotatable bonds is 8. The third-order valence-electron chi connectivity index (χ3n) is 2.24. The molecule has 4 nitrogen and oxygen atoms in total. The fraction of sp³-hybridized carbons (Fsp3) is 1.00. The molecule has 0 amide bonds. The van der Waals surface area contributed by atoms with Gasteiger partial charge in [-0.2, -0.15) is 13.2 Å². The number of halogens is 3. The molecule has 0 saturated carbocycles. The minimum atomic E-state index is -4.29. The molecule has 0 rings (SSSR count). The first-order valence-electron chi connectivity index (χ1n) is 5.34. The van der Waals surface area contributed by atoms with E-state index in [0.29, 0.717) is 19.5 Å². The molecular formula is C9H19F3N2O2S. The van der Waals surface area contributed by atoms with Crippen LogP contribution in [0.25, 0.3) is 0 Å². The maximum atomic E-state index is 11.9. The van der Waals surface area contributed by atoms with E-state index in [4.69, 9.17) is 0 Å². The van der Waals surface area contributed by atoms with Gasteiger partial charge in [-0.3, -0.25) is 0 Å². The molecule has 0 aromatic heterocycles. The number of sulfonamides is 1. The van der Waals surface area contributed by atoms with Crippen molar-refractivity contribution in [2.75, 3.05) is 32.9 Å². The summed E-state index contributed by atoms with van der Waals surface area (Å²) >= 11 is 0. The zero-order valence-electron chi connectivity index (χ0n) is 10.0. The quantitative estimate of drug-likeness (QED) is 0.678. The molecule has 0 aliphatic heterocycles. The van der Waals surface area contributed by atoms with E-state index < -0.39 is 28.4 Å². The van der Waals surface area contributed by atoms with Crippen LogP contribution in [0.5, 0.6) is 0 Å². The van der Waals surface area contributed by atoms with Crippen LogP contribution in [0.3, 0.4) is 0 Å². The van der Waals surface area contributed by atoms with E-state index in [1.54, 1.807) is 7.05 Å². The Kier molecular flexibility index (Phi) is 7.03. The highest BCUT2D eigenvalue weighted by Crippen LogP contribution is 2.21. The molecule has 0 radical (unpaired) electrons. The molecule has 0 unspecified atom stereocenters. The third-order valence-corrected chi connectivity index (χ3v) is 4.17. The largest absolute Gasteiger partial charge is 0.389 e. The summed E-state index contributed by atoms with van der Waals surface area (Å²) in [4.78, 5) is 0. The zero-order chi connectivity index (χ0) is 13.5. The SMILES string of the molecule is CNCCCN(C)S(=O)(=O)CCCC(F)(F)F. The molecule has 0 saturated heterocycles. The third kappa shape index (κ3) is 8.39. The first-order valence-corrected chi connectivity index (χ1v) is 6.95. The molecule has 0 heterocycles. The standard InChI is InChI=1S/C9H19F3N2O2S/c1-13-6-4-7-14(2)17(15,16)8-3-5-9(10,11)12/h13H,3-8H2,1-2H3. The lowest BCUT2D eigenvalue weighted by atomic mass is 10.3. The highest BCUT2D eigenvalue weighted by atomic mass is 32.2. The van der Waals surface area contributed by atoms with Crippen molar-refractivity contribution in [3.05, 3.63) is 0 Å². The minimum absolute atomic E-state index is 0.315. The maximum Gasteiger partial charge on any atom is 0.389 e. The molecule has 0 aromatic rings. The molecule has 0 spiro atoms. The van der Waals surface area contributed by atoms with Crippen molar-refractivity contribution in [2.45, 2.75) is 25.4 Å². The Morgan fingerprint density at radius 3 is 2.29 bits per heavy atom. The normalized spacial score (nSPS) is 13.3. The van der Waals surface area contributed by atoms with Gasteiger partial charge in [0.05, 0.1) is 5.75 Å². The van der Waals surface area contributed by atoms with Gasteiger partial charge in [0.2, 0.25) is 10.0 Å². The van der Waals surface area contributed by atoms with Crippen LogP contribution in [0.15, 0.2) is 0 Å². The molecule has 1 N–H and O–H groups in total. The predicted octanol–water partition coefficient (Wildman–Crippen LogP) is 1.20. The highest BCUT2D eigenvalue weighted by molar-refractivity contribution is 7.89. The predicted molar refractivity (Wildman–Crippen MR) is 60.2 cm³/mol. The second kappa shape index (κ2) is 7.17. The fourth-order valence-corrected chi connectivity index (χ4v) is 2.46. The van der Waals surface area contributed by atoms with Gasteiger partial charge in [-0.25, -0.2) is 12.7 Å².